The molecule has 2 aromatic rings. The third-order valence-electron chi connectivity index (χ3n) is 4.71. The Bertz CT molecular complexity index is 788. The van der Waals surface area contributed by atoms with E-state index in [1.54, 1.807) is 11.2 Å². The summed E-state index contributed by atoms with van der Waals surface area (Å²) in [4.78, 5) is 0. The predicted octanol–water partition coefficient (Wildman–Crippen LogP) is 3.12. The molecule has 1 heterocycles. The summed E-state index contributed by atoms with van der Waals surface area (Å²) >= 11 is 0. The summed E-state index contributed by atoms with van der Waals surface area (Å²) in [6.07, 6.45) is 2.82. The highest BCUT2D eigenvalue weighted by molar-refractivity contribution is 5.74. The fourth-order valence-electron chi connectivity index (χ4n) is 3.48. The summed E-state index contributed by atoms with van der Waals surface area (Å²) in [5.74, 6) is 6.09. The van der Waals surface area contributed by atoms with Crippen LogP contribution < -0.4 is 21.9 Å². The largest absolute Gasteiger partial charge is 0.401 e. The van der Waals surface area contributed by atoms with E-state index in [1.807, 2.05) is 19.1 Å². The number of nitrogens with two attached hydrogens (primary N) is 2. The summed E-state index contributed by atoms with van der Waals surface area (Å²) in [7, 11) is 0. The van der Waals surface area contributed by atoms with Gasteiger partial charge < -0.3 is 11.1 Å². The van der Waals surface area contributed by atoms with Crippen molar-refractivity contribution in [2.24, 2.45) is 11.6 Å². The lowest BCUT2D eigenvalue weighted by Crippen LogP contribution is -2.26. The molecule has 1 aliphatic rings. The highest BCUT2D eigenvalue weighted by Crippen LogP contribution is 2.33. The fourth-order valence-corrected chi connectivity index (χ4v) is 3.48. The van der Waals surface area contributed by atoms with Crippen LogP contribution in [-0.4, -0.2) is 6.54 Å². The smallest absolute Gasteiger partial charge is 0.0575 e. The SMILES string of the molecule is C/C(N)=C/N(N)c1cccc(-c2cc(C)c3c(c2C)CCNC3)c1. The number of allylic oxidation sites excluding steroid dienone is 1. The van der Waals surface area contributed by atoms with Gasteiger partial charge in [0, 0.05) is 18.4 Å². The summed E-state index contributed by atoms with van der Waals surface area (Å²) in [6.45, 7) is 8.28. The van der Waals surface area contributed by atoms with Crippen LogP contribution in [0.5, 0.6) is 0 Å². The van der Waals surface area contributed by atoms with E-state index in [1.165, 1.54) is 33.4 Å². The second-order valence-corrected chi connectivity index (χ2v) is 6.58. The topological polar surface area (TPSA) is 67.3 Å². The molecule has 0 atom stereocenters. The minimum absolute atomic E-state index is 0.677. The van der Waals surface area contributed by atoms with E-state index >= 15 is 0 Å². The number of rotatable bonds is 3. The average molecular weight is 322 g/mol. The predicted molar refractivity (Wildman–Crippen MR) is 101 cm³/mol. The number of nitrogens with one attached hydrogen (secondary N) is 1. The van der Waals surface area contributed by atoms with Crippen molar-refractivity contribution in [1.29, 1.82) is 0 Å². The Morgan fingerprint density at radius 2 is 2.00 bits per heavy atom. The third-order valence-corrected chi connectivity index (χ3v) is 4.71. The first-order valence-corrected chi connectivity index (χ1v) is 8.38. The molecular weight excluding hydrogens is 296 g/mol. The van der Waals surface area contributed by atoms with Crippen molar-refractivity contribution >= 4 is 5.69 Å². The average Bonchev–Trinajstić information content (AvgIpc) is 2.57. The van der Waals surface area contributed by atoms with Gasteiger partial charge in [0.2, 0.25) is 0 Å². The van der Waals surface area contributed by atoms with Crippen LogP contribution in [-0.2, 0) is 13.0 Å². The summed E-state index contributed by atoms with van der Waals surface area (Å²) in [5.41, 5.74) is 15.5. The van der Waals surface area contributed by atoms with Crippen molar-refractivity contribution in [2.45, 2.75) is 33.7 Å². The molecule has 5 N–H and O–H groups in total. The van der Waals surface area contributed by atoms with Crippen molar-refractivity contribution < 1.29 is 0 Å². The van der Waals surface area contributed by atoms with Crippen molar-refractivity contribution in [3.63, 3.8) is 0 Å². The van der Waals surface area contributed by atoms with Gasteiger partial charge in [0.05, 0.1) is 5.69 Å². The molecule has 0 saturated heterocycles. The van der Waals surface area contributed by atoms with Crippen molar-refractivity contribution in [2.75, 3.05) is 11.6 Å². The third kappa shape index (κ3) is 3.16. The number of hydrogen-bond donors (Lipinski definition) is 3. The standard InChI is InChI=1S/C20H26N4/c1-13-9-19(15(3)18-7-8-23-11-20(13)18)16-5-4-6-17(10-16)24(22)12-14(2)21/h4-6,9-10,12,23H,7-8,11,21-22H2,1-3H3/b14-12-. The van der Waals surface area contributed by atoms with Crippen LogP contribution in [0, 0.1) is 13.8 Å². The van der Waals surface area contributed by atoms with Gasteiger partial charge in [0.1, 0.15) is 0 Å². The molecule has 3 rings (SSSR count). The molecule has 2 aromatic carbocycles. The van der Waals surface area contributed by atoms with Gasteiger partial charge in [-0.15, -0.1) is 0 Å². The van der Waals surface area contributed by atoms with Gasteiger partial charge in [-0.3, -0.25) is 5.01 Å². The zero-order valence-electron chi connectivity index (χ0n) is 14.7. The van der Waals surface area contributed by atoms with Crippen molar-refractivity contribution in [3.8, 4) is 11.1 Å². The molecule has 126 valence electrons. The second kappa shape index (κ2) is 6.67. The van der Waals surface area contributed by atoms with Crippen molar-refractivity contribution in [1.82, 2.24) is 5.32 Å². The molecule has 1 aliphatic heterocycles. The molecule has 0 unspecified atom stereocenters. The number of aryl methyl sites for hydroxylation is 1. The molecule has 0 radical (unpaired) electrons. The van der Waals surface area contributed by atoms with Gasteiger partial charge in [0.15, 0.2) is 0 Å². The lowest BCUT2D eigenvalue weighted by atomic mass is 9.86. The van der Waals surface area contributed by atoms with Gasteiger partial charge in [-0.05, 0) is 79.3 Å². The molecule has 0 aliphatic carbocycles. The molecule has 0 amide bonds. The van der Waals surface area contributed by atoms with Crippen LogP contribution in [0.25, 0.3) is 11.1 Å². The highest BCUT2D eigenvalue weighted by atomic mass is 15.4. The Morgan fingerprint density at radius 3 is 2.75 bits per heavy atom. The molecule has 0 spiro atoms. The number of hydrogen-bond acceptors (Lipinski definition) is 4. The zero-order valence-corrected chi connectivity index (χ0v) is 14.7. The number of nitrogens with zero attached hydrogens (tertiary/aromatic N) is 1. The Hall–Kier alpha value is -2.30. The number of anilines is 1. The zero-order chi connectivity index (χ0) is 17.3. The second-order valence-electron chi connectivity index (χ2n) is 6.58. The van der Waals surface area contributed by atoms with Gasteiger partial charge in [-0.1, -0.05) is 18.2 Å². The Balaban J connectivity index is 2.07. The normalized spacial score (nSPS) is 14.4. The number of hydrazine groups is 1. The Labute approximate surface area is 144 Å². The molecule has 4 heteroatoms. The summed E-state index contributed by atoms with van der Waals surface area (Å²) in [5, 5.41) is 5.04. The van der Waals surface area contributed by atoms with Gasteiger partial charge in [0.25, 0.3) is 0 Å². The van der Waals surface area contributed by atoms with E-state index in [0.29, 0.717) is 5.70 Å². The molecule has 4 nitrogen and oxygen atoms in total. The maximum Gasteiger partial charge on any atom is 0.0575 e. The maximum absolute atomic E-state index is 6.09. The molecule has 0 aromatic heterocycles. The first kappa shape index (κ1) is 16.6. The first-order chi connectivity index (χ1) is 11.5. The monoisotopic (exact) mass is 322 g/mol. The van der Waals surface area contributed by atoms with Gasteiger partial charge in [-0.2, -0.15) is 0 Å². The van der Waals surface area contributed by atoms with Crippen LogP contribution in [0.2, 0.25) is 0 Å². The van der Waals surface area contributed by atoms with E-state index in [9.17, 15) is 0 Å². The van der Waals surface area contributed by atoms with E-state index < -0.39 is 0 Å². The summed E-state index contributed by atoms with van der Waals surface area (Å²) in [6, 6.07) is 10.6. The van der Waals surface area contributed by atoms with Crippen LogP contribution in [0.1, 0.15) is 29.2 Å². The van der Waals surface area contributed by atoms with Crippen LogP contribution in [0.3, 0.4) is 0 Å². The molecular formula is C20H26N4. The molecule has 0 bridgehead atoms. The van der Waals surface area contributed by atoms with E-state index in [-0.39, 0.29) is 0 Å². The minimum atomic E-state index is 0.677. The van der Waals surface area contributed by atoms with E-state index in [4.69, 9.17) is 11.6 Å². The van der Waals surface area contributed by atoms with E-state index in [2.05, 4.69) is 37.4 Å². The highest BCUT2D eigenvalue weighted by Gasteiger charge is 2.17. The lowest BCUT2D eigenvalue weighted by Gasteiger charge is -2.24. The van der Waals surface area contributed by atoms with Crippen molar-refractivity contribution in [3.05, 3.63) is 64.5 Å². The summed E-state index contributed by atoms with van der Waals surface area (Å²) < 4.78 is 0. The molecule has 24 heavy (non-hydrogen) atoms. The van der Waals surface area contributed by atoms with Gasteiger partial charge in [-0.25, -0.2) is 5.84 Å². The van der Waals surface area contributed by atoms with Crippen LogP contribution in [0.4, 0.5) is 5.69 Å². The Morgan fingerprint density at radius 1 is 1.21 bits per heavy atom. The van der Waals surface area contributed by atoms with E-state index in [0.717, 1.165) is 25.2 Å². The fraction of sp³-hybridized carbons (Fsp3) is 0.300. The number of benzene rings is 2. The molecule has 0 saturated carbocycles. The Kier molecular flexibility index (Phi) is 4.60. The first-order valence-electron chi connectivity index (χ1n) is 8.38. The van der Waals surface area contributed by atoms with Crippen LogP contribution in [0.15, 0.2) is 42.2 Å². The quantitative estimate of drug-likeness (QED) is 0.600. The molecule has 0 fully saturated rings. The maximum atomic E-state index is 6.09. The van der Waals surface area contributed by atoms with Gasteiger partial charge >= 0.3 is 0 Å². The number of fused-ring (bicyclic) bond motifs is 1. The van der Waals surface area contributed by atoms with Crippen LogP contribution >= 0.6 is 0 Å². The lowest BCUT2D eigenvalue weighted by molar-refractivity contribution is 0.638. The minimum Gasteiger partial charge on any atom is -0.401 e.